The van der Waals surface area contributed by atoms with Crippen LogP contribution in [0.3, 0.4) is 0 Å². The van der Waals surface area contributed by atoms with E-state index in [2.05, 4.69) is 5.10 Å². The smallest absolute Gasteiger partial charge is 0.142 e. The lowest BCUT2D eigenvalue weighted by molar-refractivity contribution is 0.0651. The van der Waals surface area contributed by atoms with Crippen LogP contribution in [-0.2, 0) is 12.1 Å². The number of allylic oxidation sites excluding steroid dienone is 3. The van der Waals surface area contributed by atoms with E-state index in [0.29, 0.717) is 30.8 Å². The quantitative estimate of drug-likeness (QED) is 0.832. The van der Waals surface area contributed by atoms with Crippen LogP contribution < -0.4 is 4.90 Å². The molecule has 0 atom stereocenters. The molecule has 146 valence electrons. The molecule has 0 amide bonds. The van der Waals surface area contributed by atoms with Gasteiger partial charge in [-0.25, -0.2) is 4.39 Å². The highest BCUT2D eigenvalue weighted by atomic mass is 19.1. The van der Waals surface area contributed by atoms with Crippen LogP contribution in [0.4, 0.5) is 10.1 Å². The molecular formula is C21H28FN3O2. The molecule has 1 aromatic carbocycles. The van der Waals surface area contributed by atoms with E-state index in [1.807, 2.05) is 23.2 Å². The lowest BCUT2D eigenvalue weighted by atomic mass is 9.94. The highest BCUT2D eigenvalue weighted by molar-refractivity contribution is 5.85. The fourth-order valence-electron chi connectivity index (χ4n) is 3.25. The van der Waals surface area contributed by atoms with Crippen molar-refractivity contribution in [2.45, 2.75) is 58.8 Å². The molecular weight excluding hydrogens is 345 g/mol. The average molecular weight is 373 g/mol. The number of anilines is 1. The number of aliphatic hydroxyl groups is 2. The zero-order chi connectivity index (χ0) is 20.0. The van der Waals surface area contributed by atoms with Gasteiger partial charge in [-0.1, -0.05) is 6.08 Å². The van der Waals surface area contributed by atoms with Crippen LogP contribution in [0.5, 0.6) is 0 Å². The van der Waals surface area contributed by atoms with Crippen LogP contribution in [0.15, 0.2) is 42.0 Å². The van der Waals surface area contributed by atoms with Gasteiger partial charge >= 0.3 is 0 Å². The summed E-state index contributed by atoms with van der Waals surface area (Å²) >= 11 is 0. The van der Waals surface area contributed by atoms with Gasteiger partial charge in [0.1, 0.15) is 5.83 Å². The highest BCUT2D eigenvalue weighted by Gasteiger charge is 2.26. The van der Waals surface area contributed by atoms with Crippen LogP contribution in [0, 0.1) is 0 Å². The average Bonchev–Trinajstić information content (AvgIpc) is 2.95. The number of hydrogen-bond donors (Lipinski definition) is 2. The Labute approximate surface area is 159 Å². The molecule has 0 unspecified atom stereocenters. The van der Waals surface area contributed by atoms with Gasteiger partial charge in [-0.15, -0.1) is 0 Å². The molecule has 27 heavy (non-hydrogen) atoms. The van der Waals surface area contributed by atoms with Crippen LogP contribution in [-0.4, -0.2) is 32.1 Å². The van der Waals surface area contributed by atoms with E-state index >= 15 is 0 Å². The van der Waals surface area contributed by atoms with E-state index in [-0.39, 0.29) is 5.83 Å². The Bertz CT molecular complexity index is 914. The second-order valence-corrected chi connectivity index (χ2v) is 8.39. The maximum Gasteiger partial charge on any atom is 0.142 e. The fraction of sp³-hybridized carbons (Fsp3) is 0.476. The lowest BCUT2D eigenvalue weighted by Gasteiger charge is -2.32. The molecule has 0 radical (unpaired) electrons. The Hall–Kier alpha value is -2.18. The Morgan fingerprint density at radius 1 is 1.19 bits per heavy atom. The van der Waals surface area contributed by atoms with Gasteiger partial charge in [-0.3, -0.25) is 4.68 Å². The predicted molar refractivity (Wildman–Crippen MR) is 106 cm³/mol. The minimum Gasteiger partial charge on any atom is -0.390 e. The first-order valence-corrected chi connectivity index (χ1v) is 9.22. The molecule has 1 aliphatic rings. The number of hydrogen-bond acceptors (Lipinski definition) is 4. The summed E-state index contributed by atoms with van der Waals surface area (Å²) in [5.41, 5.74) is 0.900. The standard InChI is InChI=1S/C21H28FN3O2/c1-14-17(22)7-6-9-25(14)19-11-15-13-24(10-8-20(2,3)26)23-18(15)12-16(19)21(4,5)27/h6-7,11-13,26-27H,8-10H2,1-5H3. The van der Waals surface area contributed by atoms with Crippen molar-refractivity contribution in [3.8, 4) is 0 Å². The highest BCUT2D eigenvalue weighted by Crippen LogP contribution is 2.37. The van der Waals surface area contributed by atoms with Crippen LogP contribution in [0.2, 0.25) is 0 Å². The zero-order valence-electron chi connectivity index (χ0n) is 16.6. The predicted octanol–water partition coefficient (Wildman–Crippen LogP) is 4.00. The maximum atomic E-state index is 14.1. The third-order valence-corrected chi connectivity index (χ3v) is 4.87. The summed E-state index contributed by atoms with van der Waals surface area (Å²) in [5.74, 6) is -0.274. The van der Waals surface area contributed by atoms with Gasteiger partial charge in [-0.2, -0.15) is 5.10 Å². The van der Waals surface area contributed by atoms with Crippen molar-refractivity contribution >= 4 is 16.6 Å². The second kappa shape index (κ2) is 6.77. The van der Waals surface area contributed by atoms with Gasteiger partial charge < -0.3 is 15.1 Å². The summed E-state index contributed by atoms with van der Waals surface area (Å²) in [6.45, 7) is 9.86. The molecule has 0 saturated carbocycles. The number of fused-ring (bicyclic) bond motifs is 1. The van der Waals surface area contributed by atoms with Gasteiger partial charge in [0.2, 0.25) is 0 Å². The summed E-state index contributed by atoms with van der Waals surface area (Å²) in [6, 6.07) is 3.82. The van der Waals surface area contributed by atoms with Crippen molar-refractivity contribution in [1.29, 1.82) is 0 Å². The van der Waals surface area contributed by atoms with E-state index in [9.17, 15) is 14.6 Å². The Morgan fingerprint density at radius 2 is 1.89 bits per heavy atom. The van der Waals surface area contributed by atoms with E-state index in [0.717, 1.165) is 16.6 Å². The van der Waals surface area contributed by atoms with Gasteiger partial charge in [0.25, 0.3) is 0 Å². The number of benzene rings is 1. The summed E-state index contributed by atoms with van der Waals surface area (Å²) in [7, 11) is 0. The van der Waals surface area contributed by atoms with Crippen molar-refractivity contribution in [3.63, 3.8) is 0 Å². The first-order valence-electron chi connectivity index (χ1n) is 9.22. The first kappa shape index (κ1) is 19.6. The van der Waals surface area contributed by atoms with Crippen molar-refractivity contribution in [2.75, 3.05) is 11.4 Å². The molecule has 0 bridgehead atoms. The van der Waals surface area contributed by atoms with Crippen molar-refractivity contribution in [3.05, 3.63) is 47.6 Å². The SMILES string of the molecule is CC1=C(F)C=CCN1c1cc2cn(CCC(C)(C)O)nc2cc1C(C)(C)O. The lowest BCUT2D eigenvalue weighted by Crippen LogP contribution is -2.28. The summed E-state index contributed by atoms with van der Waals surface area (Å²) < 4.78 is 15.9. The fourth-order valence-corrected chi connectivity index (χ4v) is 3.25. The number of aromatic nitrogens is 2. The molecule has 1 aliphatic heterocycles. The molecule has 0 fully saturated rings. The molecule has 0 spiro atoms. The first-order chi connectivity index (χ1) is 12.5. The van der Waals surface area contributed by atoms with E-state index in [4.69, 9.17) is 0 Å². The van der Waals surface area contributed by atoms with E-state index in [1.54, 1.807) is 45.4 Å². The number of halogens is 1. The Morgan fingerprint density at radius 3 is 2.52 bits per heavy atom. The van der Waals surface area contributed by atoms with E-state index < -0.39 is 11.2 Å². The minimum atomic E-state index is -1.10. The summed E-state index contributed by atoms with van der Waals surface area (Å²) in [5, 5.41) is 26.2. The van der Waals surface area contributed by atoms with Gasteiger partial charge in [0.15, 0.2) is 0 Å². The maximum absolute atomic E-state index is 14.1. The van der Waals surface area contributed by atoms with Crippen molar-refractivity contribution in [1.82, 2.24) is 9.78 Å². The Balaban J connectivity index is 2.08. The second-order valence-electron chi connectivity index (χ2n) is 8.39. The number of aryl methyl sites for hydroxylation is 1. The summed E-state index contributed by atoms with van der Waals surface area (Å²) in [4.78, 5) is 1.87. The van der Waals surface area contributed by atoms with Crippen molar-refractivity contribution in [2.24, 2.45) is 0 Å². The molecule has 6 heteroatoms. The third kappa shape index (κ3) is 4.22. The van der Waals surface area contributed by atoms with Gasteiger partial charge in [0, 0.05) is 35.9 Å². The molecule has 2 N–H and O–H groups in total. The van der Waals surface area contributed by atoms with Crippen LogP contribution in [0.25, 0.3) is 10.9 Å². The molecule has 2 aromatic rings. The van der Waals surface area contributed by atoms with Gasteiger partial charge in [-0.05, 0) is 59.2 Å². The number of nitrogens with zero attached hydrogens (tertiary/aromatic N) is 3. The molecule has 0 saturated heterocycles. The molecule has 1 aromatic heterocycles. The minimum absolute atomic E-state index is 0.274. The summed E-state index contributed by atoms with van der Waals surface area (Å²) in [6.07, 6.45) is 5.75. The van der Waals surface area contributed by atoms with Crippen LogP contribution in [0.1, 0.15) is 46.6 Å². The monoisotopic (exact) mass is 373 g/mol. The molecule has 2 heterocycles. The molecule has 5 nitrogen and oxygen atoms in total. The van der Waals surface area contributed by atoms with Crippen LogP contribution >= 0.6 is 0 Å². The van der Waals surface area contributed by atoms with Gasteiger partial charge in [0.05, 0.1) is 22.4 Å². The Kier molecular flexibility index (Phi) is 4.91. The topological polar surface area (TPSA) is 61.5 Å². The zero-order valence-corrected chi connectivity index (χ0v) is 16.6. The normalized spacial score (nSPS) is 15.9. The van der Waals surface area contributed by atoms with Crippen molar-refractivity contribution < 1.29 is 14.6 Å². The molecule has 0 aliphatic carbocycles. The number of rotatable bonds is 5. The third-order valence-electron chi connectivity index (χ3n) is 4.87. The van der Waals surface area contributed by atoms with E-state index in [1.165, 1.54) is 6.08 Å². The largest absolute Gasteiger partial charge is 0.390 e. The molecule has 3 rings (SSSR count).